The normalized spacial score (nSPS) is 21.6. The highest BCUT2D eigenvalue weighted by Gasteiger charge is 2.30. The zero-order valence-electron chi connectivity index (χ0n) is 16.4. The van der Waals surface area contributed by atoms with E-state index in [2.05, 4.69) is 42.2 Å². The molecule has 0 radical (unpaired) electrons. The van der Waals surface area contributed by atoms with Crippen LogP contribution in [-0.2, 0) is 11.3 Å². The number of carbonyl (C=O) groups is 1. The second-order valence-corrected chi connectivity index (χ2v) is 7.71. The maximum absolute atomic E-state index is 12.7. The summed E-state index contributed by atoms with van der Waals surface area (Å²) >= 11 is 0. The van der Waals surface area contributed by atoms with Gasteiger partial charge in [0.1, 0.15) is 0 Å². The van der Waals surface area contributed by atoms with Crippen LogP contribution in [0.25, 0.3) is 0 Å². The molecule has 0 unspecified atom stereocenters. The molecule has 0 aromatic heterocycles. The SMILES string of the molecule is C[C@@H]1C[C@H](N(C)C(=O)C[C@H](N)c2ccccc2)CCN1Cc1ccccc1. The van der Waals surface area contributed by atoms with Gasteiger partial charge >= 0.3 is 0 Å². The topological polar surface area (TPSA) is 49.6 Å². The molecule has 0 spiro atoms. The van der Waals surface area contributed by atoms with E-state index in [9.17, 15) is 4.79 Å². The van der Waals surface area contributed by atoms with Crippen molar-refractivity contribution in [1.29, 1.82) is 0 Å². The standard InChI is InChI=1S/C23H31N3O/c1-18-15-21(13-14-26(18)17-19-9-5-3-6-10-19)25(2)23(27)16-22(24)20-11-7-4-8-12-20/h3-12,18,21-22H,13-17,24H2,1-2H3/t18-,21-,22+/m1/s1. The predicted octanol–water partition coefficient (Wildman–Crippen LogP) is 3.59. The Kier molecular flexibility index (Phi) is 6.64. The van der Waals surface area contributed by atoms with Gasteiger partial charge in [0.2, 0.25) is 5.91 Å². The molecule has 0 aliphatic carbocycles. The molecule has 1 heterocycles. The minimum absolute atomic E-state index is 0.139. The van der Waals surface area contributed by atoms with Crippen LogP contribution in [0.15, 0.2) is 60.7 Å². The summed E-state index contributed by atoms with van der Waals surface area (Å²) in [4.78, 5) is 17.2. The molecular weight excluding hydrogens is 334 g/mol. The summed E-state index contributed by atoms with van der Waals surface area (Å²) in [5, 5.41) is 0. The van der Waals surface area contributed by atoms with Crippen molar-refractivity contribution < 1.29 is 4.79 Å². The largest absolute Gasteiger partial charge is 0.343 e. The van der Waals surface area contributed by atoms with Gasteiger partial charge in [0, 0.05) is 44.7 Å². The molecule has 0 bridgehead atoms. The van der Waals surface area contributed by atoms with E-state index < -0.39 is 0 Å². The van der Waals surface area contributed by atoms with E-state index in [1.807, 2.05) is 42.3 Å². The summed E-state index contributed by atoms with van der Waals surface area (Å²) in [6.07, 6.45) is 2.38. The Morgan fingerprint density at radius 3 is 2.41 bits per heavy atom. The summed E-state index contributed by atoms with van der Waals surface area (Å²) < 4.78 is 0. The first-order chi connectivity index (χ1) is 13.0. The Morgan fingerprint density at radius 1 is 1.15 bits per heavy atom. The molecule has 0 saturated carbocycles. The van der Waals surface area contributed by atoms with Crippen LogP contribution in [0.2, 0.25) is 0 Å². The number of hydrogen-bond donors (Lipinski definition) is 1. The average molecular weight is 366 g/mol. The highest BCUT2D eigenvalue weighted by atomic mass is 16.2. The second kappa shape index (κ2) is 9.16. The van der Waals surface area contributed by atoms with E-state index in [1.54, 1.807) is 0 Å². The Labute approximate surface area is 163 Å². The molecule has 2 aromatic rings. The van der Waals surface area contributed by atoms with Gasteiger partial charge in [0.25, 0.3) is 0 Å². The van der Waals surface area contributed by atoms with Crippen molar-refractivity contribution in [2.45, 2.75) is 50.9 Å². The first kappa shape index (κ1) is 19.6. The Hall–Kier alpha value is -2.17. The summed E-state index contributed by atoms with van der Waals surface area (Å²) in [5.74, 6) is 0.139. The lowest BCUT2D eigenvalue weighted by atomic mass is 9.95. The molecule has 2 N–H and O–H groups in total. The maximum atomic E-state index is 12.7. The fraction of sp³-hybridized carbons (Fsp3) is 0.435. The van der Waals surface area contributed by atoms with Gasteiger partial charge in [-0.05, 0) is 30.9 Å². The van der Waals surface area contributed by atoms with Crippen molar-refractivity contribution in [2.24, 2.45) is 5.73 Å². The molecule has 27 heavy (non-hydrogen) atoms. The summed E-state index contributed by atoms with van der Waals surface area (Å²) in [6, 6.07) is 21.0. The fourth-order valence-corrected chi connectivity index (χ4v) is 3.95. The van der Waals surface area contributed by atoms with Crippen molar-refractivity contribution in [1.82, 2.24) is 9.80 Å². The van der Waals surface area contributed by atoms with Gasteiger partial charge in [0.15, 0.2) is 0 Å². The van der Waals surface area contributed by atoms with E-state index in [0.717, 1.165) is 31.5 Å². The quantitative estimate of drug-likeness (QED) is 0.851. The molecule has 1 saturated heterocycles. The van der Waals surface area contributed by atoms with E-state index >= 15 is 0 Å². The molecule has 144 valence electrons. The molecule has 1 fully saturated rings. The van der Waals surface area contributed by atoms with Gasteiger partial charge in [-0.1, -0.05) is 60.7 Å². The van der Waals surface area contributed by atoms with Crippen molar-refractivity contribution in [3.63, 3.8) is 0 Å². The van der Waals surface area contributed by atoms with Crippen LogP contribution in [0.4, 0.5) is 0 Å². The number of benzene rings is 2. The molecule has 2 aromatic carbocycles. The molecule has 4 heteroatoms. The van der Waals surface area contributed by atoms with Crippen molar-refractivity contribution in [3.8, 4) is 0 Å². The minimum atomic E-state index is -0.239. The van der Waals surface area contributed by atoms with Crippen LogP contribution in [0.5, 0.6) is 0 Å². The number of hydrogen-bond acceptors (Lipinski definition) is 3. The molecule has 1 amide bonds. The number of nitrogens with two attached hydrogens (primary N) is 1. The van der Waals surface area contributed by atoms with Gasteiger partial charge < -0.3 is 10.6 Å². The molecular formula is C23H31N3O. The van der Waals surface area contributed by atoms with Gasteiger partial charge in [0.05, 0.1) is 0 Å². The van der Waals surface area contributed by atoms with Gasteiger partial charge in [-0.2, -0.15) is 0 Å². The first-order valence-electron chi connectivity index (χ1n) is 9.88. The van der Waals surface area contributed by atoms with Crippen molar-refractivity contribution in [2.75, 3.05) is 13.6 Å². The molecule has 3 atom stereocenters. The van der Waals surface area contributed by atoms with Crippen LogP contribution >= 0.6 is 0 Å². The smallest absolute Gasteiger partial charge is 0.224 e. The average Bonchev–Trinajstić information content (AvgIpc) is 2.70. The van der Waals surface area contributed by atoms with E-state index in [0.29, 0.717) is 18.5 Å². The van der Waals surface area contributed by atoms with E-state index in [1.165, 1.54) is 5.56 Å². The number of amides is 1. The third-order valence-electron chi connectivity index (χ3n) is 5.78. The first-order valence-corrected chi connectivity index (χ1v) is 9.88. The van der Waals surface area contributed by atoms with Crippen LogP contribution < -0.4 is 5.73 Å². The van der Waals surface area contributed by atoms with E-state index in [4.69, 9.17) is 5.73 Å². The van der Waals surface area contributed by atoms with E-state index in [-0.39, 0.29) is 11.9 Å². The lowest BCUT2D eigenvalue weighted by molar-refractivity contribution is -0.133. The Bertz CT molecular complexity index is 719. The summed E-state index contributed by atoms with van der Waals surface area (Å²) in [6.45, 7) is 4.26. The van der Waals surface area contributed by atoms with Crippen molar-refractivity contribution >= 4 is 5.91 Å². The Balaban J connectivity index is 1.52. The summed E-state index contributed by atoms with van der Waals surface area (Å²) in [5.41, 5.74) is 8.61. The number of piperidine rings is 1. The third kappa shape index (κ3) is 5.18. The second-order valence-electron chi connectivity index (χ2n) is 7.71. The van der Waals surface area contributed by atoms with Crippen LogP contribution in [0.1, 0.15) is 43.4 Å². The monoisotopic (exact) mass is 365 g/mol. The predicted molar refractivity (Wildman–Crippen MR) is 110 cm³/mol. The van der Waals surface area contributed by atoms with Crippen LogP contribution in [0, 0.1) is 0 Å². The highest BCUT2D eigenvalue weighted by molar-refractivity contribution is 5.77. The number of rotatable bonds is 6. The fourth-order valence-electron chi connectivity index (χ4n) is 3.95. The summed E-state index contributed by atoms with van der Waals surface area (Å²) in [7, 11) is 1.93. The van der Waals surface area contributed by atoms with Crippen LogP contribution in [0.3, 0.4) is 0 Å². The lowest BCUT2D eigenvalue weighted by Gasteiger charge is -2.41. The molecule has 1 aliphatic heterocycles. The van der Waals surface area contributed by atoms with Gasteiger partial charge in [-0.3, -0.25) is 9.69 Å². The van der Waals surface area contributed by atoms with Gasteiger partial charge in [-0.15, -0.1) is 0 Å². The zero-order chi connectivity index (χ0) is 19.2. The highest BCUT2D eigenvalue weighted by Crippen LogP contribution is 2.24. The molecule has 4 nitrogen and oxygen atoms in total. The number of likely N-dealkylation sites (tertiary alicyclic amines) is 1. The minimum Gasteiger partial charge on any atom is -0.343 e. The zero-order valence-corrected chi connectivity index (χ0v) is 16.4. The van der Waals surface area contributed by atoms with Crippen LogP contribution in [-0.4, -0.2) is 41.4 Å². The molecule has 1 aliphatic rings. The number of carbonyl (C=O) groups excluding carboxylic acids is 1. The van der Waals surface area contributed by atoms with Crippen molar-refractivity contribution in [3.05, 3.63) is 71.8 Å². The maximum Gasteiger partial charge on any atom is 0.224 e. The Morgan fingerprint density at radius 2 is 1.78 bits per heavy atom. The number of nitrogens with zero attached hydrogens (tertiary/aromatic N) is 2. The molecule has 3 rings (SSSR count). The third-order valence-corrected chi connectivity index (χ3v) is 5.78. The lowest BCUT2D eigenvalue weighted by Crippen LogP contribution is -2.49. The van der Waals surface area contributed by atoms with Gasteiger partial charge in [-0.25, -0.2) is 0 Å².